The highest BCUT2D eigenvalue weighted by Crippen LogP contribution is 2.34. The number of nitrogens with two attached hydrogens (primary N) is 1. The predicted molar refractivity (Wildman–Crippen MR) is 71.4 cm³/mol. The zero-order valence-electron chi connectivity index (χ0n) is 11.2. The number of anilines is 1. The molecule has 1 aliphatic rings. The second-order valence-corrected chi connectivity index (χ2v) is 5.16. The van der Waals surface area contributed by atoms with Gasteiger partial charge in [0.05, 0.1) is 5.56 Å². The Morgan fingerprint density at radius 2 is 1.90 bits per heavy atom. The first-order chi connectivity index (χ1) is 9.45. The van der Waals surface area contributed by atoms with Gasteiger partial charge in [-0.2, -0.15) is 13.2 Å². The SMILES string of the molecule is NCc1cc(C(F)(F)F)ccc1N1CCC(CO)CC1. The fourth-order valence-corrected chi connectivity index (χ4v) is 2.59. The lowest BCUT2D eigenvalue weighted by atomic mass is 9.96. The lowest BCUT2D eigenvalue weighted by Crippen LogP contribution is -2.35. The molecular weight excluding hydrogens is 269 g/mol. The Hall–Kier alpha value is -1.27. The summed E-state index contributed by atoms with van der Waals surface area (Å²) in [7, 11) is 0. The van der Waals surface area contributed by atoms with E-state index < -0.39 is 11.7 Å². The van der Waals surface area contributed by atoms with E-state index in [1.807, 2.05) is 0 Å². The quantitative estimate of drug-likeness (QED) is 0.898. The van der Waals surface area contributed by atoms with E-state index >= 15 is 0 Å². The summed E-state index contributed by atoms with van der Waals surface area (Å²) in [6.45, 7) is 1.73. The average Bonchev–Trinajstić information content (AvgIpc) is 2.45. The van der Waals surface area contributed by atoms with Crippen LogP contribution in [0.1, 0.15) is 24.0 Å². The van der Waals surface area contributed by atoms with E-state index in [4.69, 9.17) is 10.8 Å². The van der Waals surface area contributed by atoms with Gasteiger partial charge < -0.3 is 15.7 Å². The third kappa shape index (κ3) is 3.24. The van der Waals surface area contributed by atoms with E-state index in [2.05, 4.69) is 4.90 Å². The van der Waals surface area contributed by atoms with Crippen LogP contribution in [-0.2, 0) is 12.7 Å². The molecule has 6 heteroatoms. The summed E-state index contributed by atoms with van der Waals surface area (Å²) in [5.74, 6) is 0.294. The Labute approximate surface area is 116 Å². The van der Waals surface area contributed by atoms with Crippen molar-refractivity contribution in [3.8, 4) is 0 Å². The highest BCUT2D eigenvalue weighted by atomic mass is 19.4. The molecule has 3 nitrogen and oxygen atoms in total. The maximum atomic E-state index is 12.7. The first kappa shape index (κ1) is 15.1. The van der Waals surface area contributed by atoms with Crippen molar-refractivity contribution < 1.29 is 18.3 Å². The molecule has 0 bridgehead atoms. The molecule has 20 heavy (non-hydrogen) atoms. The van der Waals surface area contributed by atoms with Gasteiger partial charge in [-0.25, -0.2) is 0 Å². The Morgan fingerprint density at radius 3 is 2.40 bits per heavy atom. The second kappa shape index (κ2) is 6.01. The van der Waals surface area contributed by atoms with Crippen LogP contribution in [0.5, 0.6) is 0 Å². The molecule has 1 aromatic carbocycles. The number of benzene rings is 1. The van der Waals surface area contributed by atoms with Crippen LogP contribution in [0.3, 0.4) is 0 Å². The molecule has 0 spiro atoms. The van der Waals surface area contributed by atoms with Gasteiger partial charge in [-0.1, -0.05) is 0 Å². The number of halogens is 3. The second-order valence-electron chi connectivity index (χ2n) is 5.16. The molecule has 0 amide bonds. The van der Waals surface area contributed by atoms with Crippen molar-refractivity contribution in [1.82, 2.24) is 0 Å². The van der Waals surface area contributed by atoms with Crippen molar-refractivity contribution in [2.24, 2.45) is 11.7 Å². The van der Waals surface area contributed by atoms with Crippen molar-refractivity contribution in [2.75, 3.05) is 24.6 Å². The fraction of sp³-hybridized carbons (Fsp3) is 0.571. The van der Waals surface area contributed by atoms with Gasteiger partial charge in [-0.15, -0.1) is 0 Å². The van der Waals surface area contributed by atoms with Crippen LogP contribution >= 0.6 is 0 Å². The predicted octanol–water partition coefficient (Wildman–Crippen LogP) is 2.37. The first-order valence-electron chi connectivity index (χ1n) is 6.71. The number of nitrogens with zero attached hydrogens (tertiary/aromatic N) is 1. The lowest BCUT2D eigenvalue weighted by Gasteiger charge is -2.34. The highest BCUT2D eigenvalue weighted by Gasteiger charge is 2.31. The van der Waals surface area contributed by atoms with Gasteiger partial charge in [-0.05, 0) is 42.5 Å². The molecule has 1 saturated heterocycles. The number of aliphatic hydroxyl groups is 1. The molecule has 112 valence electrons. The summed E-state index contributed by atoms with van der Waals surface area (Å²) in [6, 6.07) is 3.74. The summed E-state index contributed by atoms with van der Waals surface area (Å²) in [5.41, 5.74) is 6.22. The van der Waals surface area contributed by atoms with Crippen molar-refractivity contribution in [3.05, 3.63) is 29.3 Å². The first-order valence-corrected chi connectivity index (χ1v) is 6.71. The molecule has 2 rings (SSSR count). The Bertz CT molecular complexity index is 454. The summed E-state index contributed by atoms with van der Waals surface area (Å²) < 4.78 is 38.1. The standard InChI is InChI=1S/C14H19F3N2O/c15-14(16,17)12-1-2-13(11(7-12)8-18)19-5-3-10(9-20)4-6-19/h1-2,7,10,20H,3-6,8-9,18H2. The third-order valence-corrected chi connectivity index (χ3v) is 3.84. The molecule has 3 N–H and O–H groups in total. The molecule has 0 saturated carbocycles. The van der Waals surface area contributed by atoms with Gasteiger partial charge in [0.15, 0.2) is 0 Å². The van der Waals surface area contributed by atoms with Gasteiger partial charge in [0, 0.05) is 31.9 Å². The molecule has 0 aliphatic carbocycles. The van der Waals surface area contributed by atoms with Gasteiger partial charge in [0.25, 0.3) is 0 Å². The van der Waals surface area contributed by atoms with Crippen LogP contribution < -0.4 is 10.6 Å². The maximum absolute atomic E-state index is 12.7. The number of piperidine rings is 1. The normalized spacial score (nSPS) is 17.6. The third-order valence-electron chi connectivity index (χ3n) is 3.84. The average molecular weight is 288 g/mol. The Balaban J connectivity index is 2.20. The molecule has 1 aromatic rings. The van der Waals surface area contributed by atoms with Crippen molar-refractivity contribution in [1.29, 1.82) is 0 Å². The van der Waals surface area contributed by atoms with E-state index in [-0.39, 0.29) is 13.2 Å². The number of aliphatic hydroxyl groups excluding tert-OH is 1. The minimum Gasteiger partial charge on any atom is -0.396 e. The molecule has 1 fully saturated rings. The minimum atomic E-state index is -4.34. The van der Waals surface area contributed by atoms with Gasteiger partial charge in [0.2, 0.25) is 0 Å². The number of rotatable bonds is 3. The summed E-state index contributed by atoms with van der Waals surface area (Å²) in [6.07, 6.45) is -2.64. The van der Waals surface area contributed by atoms with Crippen LogP contribution in [0.25, 0.3) is 0 Å². The van der Waals surface area contributed by atoms with E-state index in [1.54, 1.807) is 0 Å². The van der Waals surface area contributed by atoms with Crippen LogP contribution in [0.15, 0.2) is 18.2 Å². The van der Waals surface area contributed by atoms with Gasteiger partial charge >= 0.3 is 6.18 Å². The van der Waals surface area contributed by atoms with E-state index in [0.717, 1.165) is 43.8 Å². The number of hydrogen-bond donors (Lipinski definition) is 2. The largest absolute Gasteiger partial charge is 0.416 e. The minimum absolute atomic E-state index is 0.0825. The number of alkyl halides is 3. The molecule has 0 atom stereocenters. The smallest absolute Gasteiger partial charge is 0.396 e. The van der Waals surface area contributed by atoms with Crippen LogP contribution in [0.4, 0.5) is 18.9 Å². The van der Waals surface area contributed by atoms with Crippen LogP contribution in [0, 0.1) is 5.92 Å². The van der Waals surface area contributed by atoms with Gasteiger partial charge in [0.1, 0.15) is 0 Å². The van der Waals surface area contributed by atoms with Crippen molar-refractivity contribution in [3.63, 3.8) is 0 Å². The Kier molecular flexibility index (Phi) is 4.55. The van der Waals surface area contributed by atoms with E-state index in [1.165, 1.54) is 6.07 Å². The van der Waals surface area contributed by atoms with Crippen molar-refractivity contribution >= 4 is 5.69 Å². The highest BCUT2D eigenvalue weighted by molar-refractivity contribution is 5.55. The van der Waals surface area contributed by atoms with Crippen molar-refractivity contribution in [2.45, 2.75) is 25.6 Å². The van der Waals surface area contributed by atoms with E-state index in [0.29, 0.717) is 11.5 Å². The molecule has 0 unspecified atom stereocenters. The fourth-order valence-electron chi connectivity index (χ4n) is 2.59. The van der Waals surface area contributed by atoms with Gasteiger partial charge in [-0.3, -0.25) is 0 Å². The lowest BCUT2D eigenvalue weighted by molar-refractivity contribution is -0.137. The van der Waals surface area contributed by atoms with E-state index in [9.17, 15) is 13.2 Å². The molecule has 1 aliphatic heterocycles. The Morgan fingerprint density at radius 1 is 1.25 bits per heavy atom. The molecular formula is C14H19F3N2O. The van der Waals surface area contributed by atoms with Crippen LogP contribution in [0.2, 0.25) is 0 Å². The zero-order valence-corrected chi connectivity index (χ0v) is 11.2. The summed E-state index contributed by atoms with van der Waals surface area (Å²) >= 11 is 0. The van der Waals surface area contributed by atoms with Crippen LogP contribution in [-0.4, -0.2) is 24.8 Å². The monoisotopic (exact) mass is 288 g/mol. The molecule has 0 radical (unpaired) electrons. The zero-order chi connectivity index (χ0) is 14.8. The molecule has 1 heterocycles. The maximum Gasteiger partial charge on any atom is 0.416 e. The summed E-state index contributed by atoms with van der Waals surface area (Å²) in [4.78, 5) is 2.05. The summed E-state index contributed by atoms with van der Waals surface area (Å²) in [5, 5.41) is 9.11. The topological polar surface area (TPSA) is 49.5 Å². The number of hydrogen-bond acceptors (Lipinski definition) is 3. The molecule has 0 aromatic heterocycles.